The minimum Gasteiger partial charge on any atom is -0.468 e. The molecule has 2 aromatic rings. The predicted molar refractivity (Wildman–Crippen MR) is 83.3 cm³/mol. The third-order valence-electron chi connectivity index (χ3n) is 3.84. The van der Waals surface area contributed by atoms with E-state index in [4.69, 9.17) is 15.9 Å². The van der Waals surface area contributed by atoms with Crippen LogP contribution >= 0.6 is 0 Å². The molecule has 1 heterocycles. The second-order valence-corrected chi connectivity index (χ2v) is 5.45. The summed E-state index contributed by atoms with van der Waals surface area (Å²) < 4.78 is 18.7. The Balaban J connectivity index is 2.00. The first kappa shape index (κ1) is 14.3. The molecule has 0 saturated heterocycles. The Kier molecular flexibility index (Phi) is 3.66. The lowest BCUT2D eigenvalue weighted by molar-refractivity contribution is 0.480. The SMILES string of the molecule is Cc1coc2c1/C(=N\N=C(N)N)CC(c1ccc(F)cc1)C2. The van der Waals surface area contributed by atoms with Gasteiger partial charge in [0.05, 0.1) is 12.0 Å². The minimum absolute atomic E-state index is 0.0842. The molecule has 22 heavy (non-hydrogen) atoms. The van der Waals surface area contributed by atoms with Crippen LogP contribution in [0.3, 0.4) is 0 Å². The average Bonchev–Trinajstić information content (AvgIpc) is 2.87. The van der Waals surface area contributed by atoms with Crippen molar-refractivity contribution < 1.29 is 8.81 Å². The molecule has 1 aromatic heterocycles. The molecule has 5 nitrogen and oxygen atoms in total. The molecule has 1 unspecified atom stereocenters. The molecule has 4 N–H and O–H groups in total. The number of nitrogens with zero attached hydrogens (tertiary/aromatic N) is 2. The molecular weight excluding hydrogens is 283 g/mol. The first-order chi connectivity index (χ1) is 10.5. The van der Waals surface area contributed by atoms with Gasteiger partial charge in [0.15, 0.2) is 0 Å². The first-order valence-electron chi connectivity index (χ1n) is 7.03. The molecule has 0 fully saturated rings. The van der Waals surface area contributed by atoms with Gasteiger partial charge in [0.1, 0.15) is 11.6 Å². The van der Waals surface area contributed by atoms with Gasteiger partial charge in [-0.2, -0.15) is 5.10 Å². The molecular formula is C16H17FN4O. The van der Waals surface area contributed by atoms with Crippen molar-refractivity contribution in [2.24, 2.45) is 21.7 Å². The Labute approximate surface area is 127 Å². The molecule has 1 atom stereocenters. The molecule has 0 aliphatic heterocycles. The summed E-state index contributed by atoms with van der Waals surface area (Å²) in [5.41, 5.74) is 14.5. The molecule has 0 saturated carbocycles. The topological polar surface area (TPSA) is 89.9 Å². The maximum Gasteiger partial charge on any atom is 0.211 e. The van der Waals surface area contributed by atoms with E-state index in [1.54, 1.807) is 18.4 Å². The fourth-order valence-corrected chi connectivity index (χ4v) is 2.85. The molecule has 3 rings (SSSR count). The molecule has 1 aromatic carbocycles. The quantitative estimate of drug-likeness (QED) is 0.507. The molecule has 0 bridgehead atoms. The van der Waals surface area contributed by atoms with E-state index in [0.717, 1.165) is 34.6 Å². The molecule has 0 radical (unpaired) electrons. The zero-order valence-corrected chi connectivity index (χ0v) is 12.2. The largest absolute Gasteiger partial charge is 0.468 e. The number of hydrogen-bond acceptors (Lipinski definition) is 3. The van der Waals surface area contributed by atoms with E-state index in [1.165, 1.54) is 12.1 Å². The molecule has 114 valence electrons. The monoisotopic (exact) mass is 300 g/mol. The van der Waals surface area contributed by atoms with Crippen LogP contribution in [-0.2, 0) is 6.42 Å². The van der Waals surface area contributed by atoms with Crippen LogP contribution in [0.4, 0.5) is 4.39 Å². The third-order valence-corrected chi connectivity index (χ3v) is 3.84. The van der Waals surface area contributed by atoms with E-state index in [1.807, 2.05) is 6.92 Å². The van der Waals surface area contributed by atoms with Crippen molar-refractivity contribution in [3.63, 3.8) is 0 Å². The summed E-state index contributed by atoms with van der Waals surface area (Å²) in [6.45, 7) is 1.96. The number of hydrogen-bond donors (Lipinski definition) is 2. The first-order valence-corrected chi connectivity index (χ1v) is 7.03. The maximum atomic E-state index is 13.1. The van der Waals surface area contributed by atoms with E-state index >= 15 is 0 Å². The summed E-state index contributed by atoms with van der Waals surface area (Å²) in [6.07, 6.45) is 3.13. The van der Waals surface area contributed by atoms with Crippen molar-refractivity contribution in [1.29, 1.82) is 0 Å². The highest BCUT2D eigenvalue weighted by Crippen LogP contribution is 2.35. The summed E-state index contributed by atoms with van der Waals surface area (Å²) in [4.78, 5) is 0. The maximum absolute atomic E-state index is 13.1. The van der Waals surface area contributed by atoms with Gasteiger partial charge in [-0.15, -0.1) is 5.10 Å². The van der Waals surface area contributed by atoms with Crippen molar-refractivity contribution in [2.45, 2.75) is 25.7 Å². The number of fused-ring (bicyclic) bond motifs is 1. The minimum atomic E-state index is -0.247. The van der Waals surface area contributed by atoms with Crippen LogP contribution in [-0.4, -0.2) is 11.7 Å². The van der Waals surface area contributed by atoms with Gasteiger partial charge in [-0.25, -0.2) is 4.39 Å². The van der Waals surface area contributed by atoms with Crippen LogP contribution in [0, 0.1) is 12.7 Å². The van der Waals surface area contributed by atoms with Gasteiger partial charge in [-0.3, -0.25) is 0 Å². The number of benzene rings is 1. The fraction of sp³-hybridized carbons (Fsp3) is 0.250. The van der Waals surface area contributed by atoms with Gasteiger partial charge in [-0.1, -0.05) is 12.1 Å². The van der Waals surface area contributed by atoms with Crippen LogP contribution < -0.4 is 11.5 Å². The Morgan fingerprint density at radius 1 is 1.23 bits per heavy atom. The Morgan fingerprint density at radius 3 is 2.64 bits per heavy atom. The molecule has 6 heteroatoms. The van der Waals surface area contributed by atoms with Gasteiger partial charge in [-0.05, 0) is 42.5 Å². The van der Waals surface area contributed by atoms with Gasteiger partial charge >= 0.3 is 0 Å². The van der Waals surface area contributed by atoms with Crippen LogP contribution in [0.15, 0.2) is 45.1 Å². The second kappa shape index (κ2) is 5.63. The third kappa shape index (κ3) is 2.72. The van der Waals surface area contributed by atoms with Crippen molar-refractivity contribution in [3.8, 4) is 0 Å². The van der Waals surface area contributed by atoms with Crippen LogP contribution in [0.1, 0.15) is 34.8 Å². The van der Waals surface area contributed by atoms with Gasteiger partial charge in [0.2, 0.25) is 5.96 Å². The van der Waals surface area contributed by atoms with Gasteiger partial charge in [0, 0.05) is 12.0 Å². The smallest absolute Gasteiger partial charge is 0.211 e. The Hall–Kier alpha value is -2.63. The normalized spacial score (nSPS) is 19.0. The number of guanidine groups is 1. The summed E-state index contributed by atoms with van der Waals surface area (Å²) in [6, 6.07) is 6.51. The lowest BCUT2D eigenvalue weighted by Crippen LogP contribution is -2.23. The molecule has 0 amide bonds. The van der Waals surface area contributed by atoms with Crippen LogP contribution in [0.25, 0.3) is 0 Å². The standard InChI is InChI=1S/C16H17FN4O/c1-9-8-22-14-7-11(10-2-4-12(17)5-3-10)6-13(15(9)14)20-21-16(18)19/h2-5,8,11H,6-7H2,1H3,(H4,18,19,21)/b20-13-. The highest BCUT2D eigenvalue weighted by atomic mass is 19.1. The van der Waals surface area contributed by atoms with Crippen molar-refractivity contribution >= 4 is 11.7 Å². The van der Waals surface area contributed by atoms with Crippen molar-refractivity contribution in [2.75, 3.05) is 0 Å². The highest BCUT2D eigenvalue weighted by molar-refractivity contribution is 6.04. The fourth-order valence-electron chi connectivity index (χ4n) is 2.85. The van der Waals surface area contributed by atoms with Crippen LogP contribution in [0.5, 0.6) is 0 Å². The lowest BCUT2D eigenvalue weighted by atomic mass is 9.81. The molecule has 1 aliphatic rings. The summed E-state index contributed by atoms with van der Waals surface area (Å²) >= 11 is 0. The van der Waals surface area contributed by atoms with E-state index in [0.29, 0.717) is 6.42 Å². The Bertz CT molecular complexity index is 742. The van der Waals surface area contributed by atoms with Crippen LogP contribution in [0.2, 0.25) is 0 Å². The zero-order valence-electron chi connectivity index (χ0n) is 12.2. The Morgan fingerprint density at radius 2 is 1.95 bits per heavy atom. The van der Waals surface area contributed by atoms with E-state index in [2.05, 4.69) is 10.2 Å². The number of nitrogens with two attached hydrogens (primary N) is 2. The number of furan rings is 1. The van der Waals surface area contributed by atoms with Crippen molar-refractivity contribution in [1.82, 2.24) is 0 Å². The van der Waals surface area contributed by atoms with E-state index in [9.17, 15) is 4.39 Å². The van der Waals surface area contributed by atoms with Gasteiger partial charge in [0.25, 0.3) is 0 Å². The lowest BCUT2D eigenvalue weighted by Gasteiger charge is -2.23. The zero-order chi connectivity index (χ0) is 15.7. The summed E-state index contributed by atoms with van der Waals surface area (Å²) in [5, 5.41) is 7.94. The predicted octanol–water partition coefficient (Wildman–Crippen LogP) is 2.43. The number of rotatable bonds is 2. The number of halogens is 1. The highest BCUT2D eigenvalue weighted by Gasteiger charge is 2.29. The van der Waals surface area contributed by atoms with E-state index in [-0.39, 0.29) is 17.7 Å². The molecule has 0 spiro atoms. The average molecular weight is 300 g/mol. The second-order valence-electron chi connectivity index (χ2n) is 5.45. The van der Waals surface area contributed by atoms with Gasteiger partial charge < -0.3 is 15.9 Å². The summed E-state index contributed by atoms with van der Waals surface area (Å²) in [5.74, 6) is 0.691. The molecule has 1 aliphatic carbocycles. The number of aryl methyl sites for hydroxylation is 1. The summed E-state index contributed by atoms with van der Waals surface area (Å²) in [7, 11) is 0. The van der Waals surface area contributed by atoms with E-state index < -0.39 is 0 Å². The van der Waals surface area contributed by atoms with Crippen molar-refractivity contribution in [3.05, 3.63) is 58.8 Å².